The molecule has 4 nitrogen and oxygen atoms in total. The molecule has 0 saturated heterocycles. The summed E-state index contributed by atoms with van der Waals surface area (Å²) in [5.74, 6) is 0.294. The number of fused-ring (bicyclic) bond motifs is 1. The molecule has 0 fully saturated rings. The Labute approximate surface area is 115 Å². The molecule has 4 heteroatoms. The van der Waals surface area contributed by atoms with Crippen molar-refractivity contribution in [3.05, 3.63) is 66.0 Å². The van der Waals surface area contributed by atoms with E-state index in [-0.39, 0.29) is 11.3 Å². The van der Waals surface area contributed by atoms with E-state index in [0.29, 0.717) is 11.4 Å². The normalized spacial score (nSPS) is 11.9. The Morgan fingerprint density at radius 2 is 1.75 bits per heavy atom. The minimum atomic E-state index is -0.0767. The van der Waals surface area contributed by atoms with Crippen LogP contribution in [0.2, 0.25) is 0 Å². The molecule has 3 aromatic rings. The highest BCUT2D eigenvalue weighted by atomic mass is 16.3. The predicted molar refractivity (Wildman–Crippen MR) is 77.6 cm³/mol. The van der Waals surface area contributed by atoms with Crippen molar-refractivity contribution in [3.63, 3.8) is 0 Å². The highest BCUT2D eigenvalue weighted by Crippen LogP contribution is 2.23. The zero-order valence-electron chi connectivity index (χ0n) is 10.5. The summed E-state index contributed by atoms with van der Waals surface area (Å²) in [6, 6.07) is 18.5. The van der Waals surface area contributed by atoms with E-state index >= 15 is 0 Å². The summed E-state index contributed by atoms with van der Waals surface area (Å²) in [5, 5.41) is 19.6. The van der Waals surface area contributed by atoms with Crippen LogP contribution < -0.4 is 0 Å². The van der Waals surface area contributed by atoms with Crippen LogP contribution in [0.5, 0.6) is 0 Å². The van der Waals surface area contributed by atoms with Gasteiger partial charge in [0.15, 0.2) is 5.82 Å². The van der Waals surface area contributed by atoms with Gasteiger partial charge in [0.25, 0.3) is 0 Å². The van der Waals surface area contributed by atoms with Gasteiger partial charge in [-0.3, -0.25) is 0 Å². The van der Waals surface area contributed by atoms with Gasteiger partial charge in [-0.1, -0.05) is 42.5 Å². The topological polar surface area (TPSA) is 72.7 Å². The van der Waals surface area contributed by atoms with E-state index in [2.05, 4.69) is 9.97 Å². The standard InChI is InChI=1S/C16H11N3O/c17-10-12(15(20)11-6-2-1-3-7-11)16-18-13-8-4-5-9-14(13)19-16/h1-9,20H,(H,18,19). The van der Waals surface area contributed by atoms with E-state index < -0.39 is 0 Å². The SMILES string of the molecule is N#CC(=C(O)c1ccccc1)c1nc2ccccc2[nH]1. The highest BCUT2D eigenvalue weighted by Gasteiger charge is 2.14. The summed E-state index contributed by atoms with van der Waals surface area (Å²) in [7, 11) is 0. The average molecular weight is 261 g/mol. The second-order valence-electron chi connectivity index (χ2n) is 4.30. The van der Waals surface area contributed by atoms with Gasteiger partial charge >= 0.3 is 0 Å². The van der Waals surface area contributed by atoms with Crippen LogP contribution in [0.3, 0.4) is 0 Å². The number of benzene rings is 2. The first-order valence-electron chi connectivity index (χ1n) is 6.13. The van der Waals surface area contributed by atoms with Gasteiger partial charge in [0, 0.05) is 5.56 Å². The fourth-order valence-electron chi connectivity index (χ4n) is 2.03. The maximum atomic E-state index is 10.3. The van der Waals surface area contributed by atoms with Crippen LogP contribution in [0.25, 0.3) is 22.4 Å². The lowest BCUT2D eigenvalue weighted by molar-refractivity contribution is 0.514. The van der Waals surface area contributed by atoms with Crippen LogP contribution in [0.15, 0.2) is 54.6 Å². The number of aromatic amines is 1. The fourth-order valence-corrected chi connectivity index (χ4v) is 2.03. The Kier molecular flexibility index (Phi) is 2.94. The number of aliphatic hydroxyl groups is 1. The molecule has 2 aromatic carbocycles. The number of imidazole rings is 1. The van der Waals surface area contributed by atoms with Crippen LogP contribution in [-0.4, -0.2) is 15.1 Å². The number of rotatable bonds is 2. The molecule has 1 aromatic heterocycles. The molecule has 1 heterocycles. The Hall–Kier alpha value is -3.06. The monoisotopic (exact) mass is 261 g/mol. The maximum absolute atomic E-state index is 10.3. The molecular weight excluding hydrogens is 250 g/mol. The van der Waals surface area contributed by atoms with Crippen LogP contribution in [0, 0.1) is 11.3 Å². The van der Waals surface area contributed by atoms with E-state index in [1.807, 2.05) is 36.4 Å². The summed E-state index contributed by atoms with van der Waals surface area (Å²) in [6.45, 7) is 0. The number of hydrogen-bond donors (Lipinski definition) is 2. The number of H-pyrrole nitrogens is 1. The number of hydrogen-bond acceptors (Lipinski definition) is 3. The minimum absolute atomic E-state index is 0.0767. The molecule has 0 atom stereocenters. The van der Waals surface area contributed by atoms with Crippen LogP contribution >= 0.6 is 0 Å². The molecule has 0 aliphatic heterocycles. The molecule has 0 aliphatic rings. The third-order valence-electron chi connectivity index (χ3n) is 3.02. The summed E-state index contributed by atoms with van der Waals surface area (Å²) < 4.78 is 0. The third kappa shape index (κ3) is 2.02. The molecule has 20 heavy (non-hydrogen) atoms. The summed E-state index contributed by atoms with van der Waals surface area (Å²) >= 11 is 0. The lowest BCUT2D eigenvalue weighted by atomic mass is 10.1. The van der Waals surface area contributed by atoms with Crippen molar-refractivity contribution in [1.82, 2.24) is 9.97 Å². The minimum Gasteiger partial charge on any atom is -0.506 e. The van der Waals surface area contributed by atoms with E-state index in [1.165, 1.54) is 0 Å². The van der Waals surface area contributed by atoms with E-state index in [9.17, 15) is 10.4 Å². The molecule has 0 unspecified atom stereocenters. The van der Waals surface area contributed by atoms with Crippen molar-refractivity contribution < 1.29 is 5.11 Å². The summed E-state index contributed by atoms with van der Waals surface area (Å²) in [6.07, 6.45) is 0. The number of nitriles is 1. The van der Waals surface area contributed by atoms with Gasteiger partial charge in [-0.25, -0.2) is 4.98 Å². The molecule has 0 amide bonds. The number of nitrogens with one attached hydrogen (secondary N) is 1. The summed E-state index contributed by atoms with van der Waals surface area (Å²) in [4.78, 5) is 7.38. The van der Waals surface area contributed by atoms with Crippen molar-refractivity contribution in [2.24, 2.45) is 0 Å². The quantitative estimate of drug-likeness (QED) is 0.547. The van der Waals surface area contributed by atoms with Crippen molar-refractivity contribution in [2.75, 3.05) is 0 Å². The number of nitrogens with zero attached hydrogens (tertiary/aromatic N) is 2. The number of aromatic nitrogens is 2. The zero-order chi connectivity index (χ0) is 13.9. The Bertz CT molecular complexity index is 793. The van der Waals surface area contributed by atoms with E-state index in [1.54, 1.807) is 24.3 Å². The van der Waals surface area contributed by atoms with E-state index in [0.717, 1.165) is 11.0 Å². The number of aliphatic hydroxyl groups excluding tert-OH is 1. The predicted octanol–water partition coefficient (Wildman–Crippen LogP) is 3.51. The first-order valence-corrected chi connectivity index (χ1v) is 6.13. The van der Waals surface area contributed by atoms with E-state index in [4.69, 9.17) is 0 Å². The Morgan fingerprint density at radius 1 is 1.05 bits per heavy atom. The Morgan fingerprint density at radius 3 is 2.45 bits per heavy atom. The van der Waals surface area contributed by atoms with Crippen LogP contribution in [0.1, 0.15) is 11.4 Å². The largest absolute Gasteiger partial charge is 0.506 e. The molecule has 0 saturated carbocycles. The van der Waals surface area contributed by atoms with Gasteiger partial charge in [-0.05, 0) is 12.1 Å². The van der Waals surface area contributed by atoms with Gasteiger partial charge in [-0.15, -0.1) is 0 Å². The molecule has 0 spiro atoms. The van der Waals surface area contributed by atoms with Gasteiger partial charge in [0.1, 0.15) is 17.4 Å². The lowest BCUT2D eigenvalue weighted by Gasteiger charge is -2.01. The van der Waals surface area contributed by atoms with Crippen molar-refractivity contribution in [1.29, 1.82) is 5.26 Å². The van der Waals surface area contributed by atoms with Crippen LogP contribution in [-0.2, 0) is 0 Å². The molecule has 3 rings (SSSR count). The fraction of sp³-hybridized carbons (Fsp3) is 0. The second kappa shape index (κ2) is 4.90. The second-order valence-corrected chi connectivity index (χ2v) is 4.30. The maximum Gasteiger partial charge on any atom is 0.153 e. The number of allylic oxidation sites excluding steroid dienone is 1. The molecule has 0 aliphatic carbocycles. The van der Waals surface area contributed by atoms with Crippen molar-refractivity contribution in [2.45, 2.75) is 0 Å². The van der Waals surface area contributed by atoms with Crippen LogP contribution in [0.4, 0.5) is 0 Å². The van der Waals surface area contributed by atoms with Gasteiger partial charge in [0.2, 0.25) is 0 Å². The average Bonchev–Trinajstić information content (AvgIpc) is 2.92. The Balaban J connectivity index is 2.17. The zero-order valence-corrected chi connectivity index (χ0v) is 10.5. The molecule has 96 valence electrons. The molecule has 0 bridgehead atoms. The van der Waals surface area contributed by atoms with Gasteiger partial charge in [-0.2, -0.15) is 5.26 Å². The molecular formula is C16H11N3O. The lowest BCUT2D eigenvalue weighted by Crippen LogP contribution is -1.92. The first kappa shape index (κ1) is 12.0. The van der Waals surface area contributed by atoms with Crippen molar-refractivity contribution >= 4 is 22.4 Å². The number of para-hydroxylation sites is 2. The molecule has 0 radical (unpaired) electrons. The first-order chi connectivity index (χ1) is 9.79. The third-order valence-corrected chi connectivity index (χ3v) is 3.02. The summed E-state index contributed by atoms with van der Waals surface area (Å²) in [5.41, 5.74) is 2.31. The molecule has 2 N–H and O–H groups in total. The van der Waals surface area contributed by atoms with Crippen molar-refractivity contribution in [3.8, 4) is 6.07 Å². The highest BCUT2D eigenvalue weighted by molar-refractivity contribution is 5.94. The smallest absolute Gasteiger partial charge is 0.153 e. The van der Waals surface area contributed by atoms with Gasteiger partial charge in [0.05, 0.1) is 11.0 Å². The van der Waals surface area contributed by atoms with Gasteiger partial charge < -0.3 is 10.1 Å².